The molecule has 0 spiro atoms. The number of amides is 1. The van der Waals surface area contributed by atoms with Crippen molar-refractivity contribution in [2.45, 2.75) is 75.2 Å². The van der Waals surface area contributed by atoms with Crippen molar-refractivity contribution in [1.29, 1.82) is 0 Å². The predicted molar refractivity (Wildman–Crippen MR) is 161 cm³/mol. The minimum absolute atomic E-state index is 0.0213. The number of aryl methyl sites for hydroxylation is 1. The van der Waals surface area contributed by atoms with E-state index in [4.69, 9.17) is 27.9 Å². The van der Waals surface area contributed by atoms with Crippen molar-refractivity contribution in [1.82, 2.24) is 24.0 Å². The summed E-state index contributed by atoms with van der Waals surface area (Å²) in [5.41, 5.74) is 1.43. The monoisotopic (exact) mass is 625 g/mol. The third-order valence-corrected chi connectivity index (χ3v) is 11.9. The Kier molecular flexibility index (Phi) is 9.70. The lowest BCUT2D eigenvalue weighted by Gasteiger charge is -2.41. The number of carbonyl (C=O) groups is 1. The standard InChI is InChI=1S/C29H41Cl2N5O4S/c1-20-9-10-24(30)28(27(20)31)41(38,39)36-17-16-35-11-5-8-25(35)26(36)19-40-21(2)29(37)32-22-6-4-7-23(18-22)34-14-12-33(3)13-15-34/h5,8-11,21-23,26H,4,6-7,12-19H2,1-3H3,(H,32,37). The Bertz CT molecular complexity index is 1340. The topological polar surface area (TPSA) is 87.1 Å². The first-order valence-corrected chi connectivity index (χ1v) is 16.7. The maximum atomic E-state index is 13.9. The summed E-state index contributed by atoms with van der Waals surface area (Å²) in [6, 6.07) is 7.00. The molecule has 1 N–H and O–H groups in total. The van der Waals surface area contributed by atoms with Crippen LogP contribution in [0.1, 0.15) is 49.9 Å². The van der Waals surface area contributed by atoms with E-state index in [-0.39, 0.29) is 40.0 Å². The average molecular weight is 627 g/mol. The van der Waals surface area contributed by atoms with Crippen LogP contribution >= 0.6 is 23.2 Å². The van der Waals surface area contributed by atoms with Crippen LogP contribution in [0.5, 0.6) is 0 Å². The number of nitrogens with one attached hydrogen (secondary N) is 1. The van der Waals surface area contributed by atoms with Gasteiger partial charge in [-0.1, -0.05) is 29.3 Å². The van der Waals surface area contributed by atoms with Crippen molar-refractivity contribution in [3.8, 4) is 0 Å². The number of likely N-dealkylation sites (N-methyl/N-ethyl adjacent to an activating group) is 1. The van der Waals surface area contributed by atoms with Crippen LogP contribution in [0.25, 0.3) is 0 Å². The molecule has 1 saturated heterocycles. The molecule has 1 aromatic carbocycles. The molecule has 226 valence electrons. The Hall–Kier alpha value is -1.66. The summed E-state index contributed by atoms with van der Waals surface area (Å²) in [5.74, 6) is -0.167. The predicted octanol–water partition coefficient (Wildman–Crippen LogP) is 3.93. The zero-order chi connectivity index (χ0) is 29.3. The molecule has 1 aromatic heterocycles. The molecule has 3 aliphatic rings. The number of piperazine rings is 1. The third-order valence-electron chi connectivity index (χ3n) is 8.84. The minimum Gasteiger partial charge on any atom is -0.367 e. The van der Waals surface area contributed by atoms with Crippen LogP contribution in [0.4, 0.5) is 0 Å². The van der Waals surface area contributed by atoms with Crippen LogP contribution in [0.3, 0.4) is 0 Å². The number of hydrogen-bond donors (Lipinski definition) is 1. The highest BCUT2D eigenvalue weighted by Gasteiger charge is 2.40. The van der Waals surface area contributed by atoms with Gasteiger partial charge in [0.15, 0.2) is 0 Å². The second-order valence-corrected chi connectivity index (χ2v) is 14.2. The molecule has 5 rings (SSSR count). The quantitative estimate of drug-likeness (QED) is 0.478. The van der Waals surface area contributed by atoms with Crippen molar-refractivity contribution in [2.75, 3.05) is 46.4 Å². The molecule has 4 atom stereocenters. The van der Waals surface area contributed by atoms with E-state index in [1.807, 2.05) is 22.9 Å². The Morgan fingerprint density at radius 1 is 1.10 bits per heavy atom. The van der Waals surface area contributed by atoms with Crippen LogP contribution in [-0.2, 0) is 26.1 Å². The van der Waals surface area contributed by atoms with E-state index in [1.165, 1.54) is 10.7 Å². The van der Waals surface area contributed by atoms with E-state index in [0.717, 1.165) is 51.1 Å². The molecule has 2 fully saturated rings. The Morgan fingerprint density at radius 3 is 2.61 bits per heavy atom. The number of aromatic nitrogens is 1. The molecule has 2 aromatic rings. The van der Waals surface area contributed by atoms with Crippen molar-refractivity contribution in [2.24, 2.45) is 0 Å². The molecule has 1 aliphatic carbocycles. The van der Waals surface area contributed by atoms with E-state index in [2.05, 4.69) is 22.2 Å². The summed E-state index contributed by atoms with van der Waals surface area (Å²) in [6.45, 7) is 8.53. The van der Waals surface area contributed by atoms with Crippen LogP contribution < -0.4 is 5.32 Å². The Balaban J connectivity index is 1.25. The summed E-state index contributed by atoms with van der Waals surface area (Å²) < 4.78 is 37.4. The number of carbonyl (C=O) groups excluding carboxylic acids is 1. The highest BCUT2D eigenvalue weighted by atomic mass is 35.5. The van der Waals surface area contributed by atoms with E-state index in [1.54, 1.807) is 26.0 Å². The Labute approximate surface area is 253 Å². The fourth-order valence-corrected chi connectivity index (χ4v) is 9.05. The lowest BCUT2D eigenvalue weighted by atomic mass is 9.89. The van der Waals surface area contributed by atoms with Crippen molar-refractivity contribution in [3.05, 3.63) is 51.8 Å². The van der Waals surface area contributed by atoms with Crippen molar-refractivity contribution >= 4 is 39.1 Å². The first-order valence-electron chi connectivity index (χ1n) is 14.5. The lowest BCUT2D eigenvalue weighted by molar-refractivity contribution is -0.133. The number of hydrogen-bond acceptors (Lipinski definition) is 6. The van der Waals surface area contributed by atoms with E-state index in [0.29, 0.717) is 18.2 Å². The number of fused-ring (bicyclic) bond motifs is 1. The third kappa shape index (κ3) is 6.64. The largest absolute Gasteiger partial charge is 0.367 e. The SMILES string of the molecule is Cc1ccc(Cl)c(S(=O)(=O)N2CCn3cccc3C2COC(C)C(=O)NC2CCCC(N3CCN(C)CC3)C2)c1Cl. The van der Waals surface area contributed by atoms with Gasteiger partial charge in [-0.3, -0.25) is 9.69 Å². The summed E-state index contributed by atoms with van der Waals surface area (Å²) >= 11 is 12.8. The minimum atomic E-state index is -4.06. The molecular formula is C29H41Cl2N5O4S. The van der Waals surface area contributed by atoms with E-state index < -0.39 is 22.2 Å². The number of halogens is 2. The second kappa shape index (κ2) is 12.9. The Morgan fingerprint density at radius 2 is 1.85 bits per heavy atom. The molecule has 9 nitrogen and oxygen atoms in total. The lowest BCUT2D eigenvalue weighted by Crippen LogP contribution is -2.53. The zero-order valence-corrected chi connectivity index (χ0v) is 26.4. The summed E-state index contributed by atoms with van der Waals surface area (Å²) in [4.78, 5) is 18.0. The molecule has 41 heavy (non-hydrogen) atoms. The van der Waals surface area contributed by atoms with Gasteiger partial charge in [-0.25, -0.2) is 8.42 Å². The normalized spacial score (nSPS) is 25.5. The van der Waals surface area contributed by atoms with Crippen molar-refractivity contribution in [3.63, 3.8) is 0 Å². The van der Waals surface area contributed by atoms with Crippen LogP contribution in [0.2, 0.25) is 10.0 Å². The first kappa shape index (κ1) is 30.8. The van der Waals surface area contributed by atoms with Gasteiger partial charge in [0.05, 0.1) is 22.7 Å². The molecule has 1 amide bonds. The van der Waals surface area contributed by atoms with Gasteiger partial charge in [0, 0.05) is 63.2 Å². The second-order valence-electron chi connectivity index (χ2n) is 11.6. The molecule has 1 saturated carbocycles. The van der Waals surface area contributed by atoms with E-state index >= 15 is 0 Å². The molecule has 0 bridgehead atoms. The molecule has 0 radical (unpaired) electrons. The number of rotatable bonds is 8. The zero-order valence-electron chi connectivity index (χ0n) is 24.1. The van der Waals surface area contributed by atoms with Gasteiger partial charge in [-0.05, 0) is 70.3 Å². The number of ether oxygens (including phenoxy) is 1. The fraction of sp³-hybridized carbons (Fsp3) is 0.621. The maximum Gasteiger partial charge on any atom is 0.249 e. The van der Waals surface area contributed by atoms with Gasteiger partial charge in [-0.2, -0.15) is 4.31 Å². The van der Waals surface area contributed by atoms with Crippen LogP contribution in [-0.4, -0.2) is 97.6 Å². The number of sulfonamides is 1. The highest BCUT2D eigenvalue weighted by molar-refractivity contribution is 7.89. The fourth-order valence-electron chi connectivity index (χ4n) is 6.33. The van der Waals surface area contributed by atoms with E-state index in [9.17, 15) is 13.2 Å². The molecule has 3 heterocycles. The number of benzene rings is 1. The molecular weight excluding hydrogens is 585 g/mol. The molecule has 4 unspecified atom stereocenters. The van der Waals surface area contributed by atoms with Crippen molar-refractivity contribution < 1.29 is 17.9 Å². The van der Waals surface area contributed by atoms with Crippen LogP contribution in [0, 0.1) is 6.92 Å². The van der Waals surface area contributed by atoms with Gasteiger partial charge < -0.3 is 19.5 Å². The summed E-state index contributed by atoms with van der Waals surface area (Å²) in [6.07, 6.45) is 5.36. The summed E-state index contributed by atoms with van der Waals surface area (Å²) in [5, 5.41) is 3.41. The summed E-state index contributed by atoms with van der Waals surface area (Å²) in [7, 11) is -1.90. The highest BCUT2D eigenvalue weighted by Crippen LogP contribution is 2.38. The molecule has 2 aliphatic heterocycles. The maximum absolute atomic E-state index is 13.9. The number of nitrogens with zero attached hydrogens (tertiary/aromatic N) is 4. The smallest absolute Gasteiger partial charge is 0.249 e. The molecule has 12 heteroatoms. The van der Waals surface area contributed by atoms with Gasteiger partial charge >= 0.3 is 0 Å². The van der Waals surface area contributed by atoms with Gasteiger partial charge in [0.2, 0.25) is 15.9 Å². The van der Waals surface area contributed by atoms with Gasteiger partial charge in [0.1, 0.15) is 11.0 Å². The first-order chi connectivity index (χ1) is 19.6. The average Bonchev–Trinajstić information content (AvgIpc) is 3.43. The van der Waals surface area contributed by atoms with Gasteiger partial charge in [-0.15, -0.1) is 0 Å². The van der Waals surface area contributed by atoms with Gasteiger partial charge in [0.25, 0.3) is 0 Å². The van der Waals surface area contributed by atoms with Crippen LogP contribution in [0.15, 0.2) is 35.4 Å².